The Morgan fingerprint density at radius 3 is 2.75 bits per heavy atom. The van der Waals surface area contributed by atoms with Crippen molar-refractivity contribution in [3.63, 3.8) is 0 Å². The van der Waals surface area contributed by atoms with Gasteiger partial charge in [-0.2, -0.15) is 5.10 Å². The van der Waals surface area contributed by atoms with Crippen LogP contribution in [0.2, 0.25) is 0 Å². The zero-order valence-corrected chi connectivity index (χ0v) is 15.7. The van der Waals surface area contributed by atoms with Gasteiger partial charge in [0.1, 0.15) is 5.69 Å². The molecule has 24 heavy (non-hydrogen) atoms. The molecule has 0 aliphatic carbocycles. The summed E-state index contributed by atoms with van der Waals surface area (Å²) in [5.41, 5.74) is 3.01. The van der Waals surface area contributed by atoms with Crippen LogP contribution in [-0.2, 0) is 6.54 Å². The molecule has 0 bridgehead atoms. The molecule has 0 saturated carbocycles. The zero-order valence-electron chi connectivity index (χ0n) is 13.3. The Kier molecular flexibility index (Phi) is 5.11. The Morgan fingerprint density at radius 1 is 1.33 bits per heavy atom. The quantitative estimate of drug-likeness (QED) is 0.663. The highest BCUT2D eigenvalue weighted by atomic mass is 79.9. The second-order valence-corrected chi connectivity index (χ2v) is 7.49. The molecule has 5 nitrogen and oxygen atoms in total. The molecular formula is C17H17BrN4OS. The smallest absolute Gasteiger partial charge is 0.269 e. The van der Waals surface area contributed by atoms with Crippen molar-refractivity contribution in [3.05, 3.63) is 56.6 Å². The lowest BCUT2D eigenvalue weighted by molar-refractivity contribution is 0.0945. The van der Waals surface area contributed by atoms with Gasteiger partial charge in [0.2, 0.25) is 0 Å². The van der Waals surface area contributed by atoms with Crippen molar-refractivity contribution in [1.82, 2.24) is 20.5 Å². The van der Waals surface area contributed by atoms with Gasteiger partial charge in [-0.1, -0.05) is 41.9 Å². The molecule has 2 heterocycles. The number of aromatic nitrogens is 3. The molecule has 3 aromatic rings. The Morgan fingerprint density at radius 2 is 2.08 bits per heavy atom. The lowest BCUT2D eigenvalue weighted by Gasteiger charge is -2.01. The molecule has 0 unspecified atom stereocenters. The summed E-state index contributed by atoms with van der Waals surface area (Å²) in [5.74, 6) is 0.213. The number of nitrogens with one attached hydrogen (secondary N) is 2. The van der Waals surface area contributed by atoms with E-state index in [1.165, 1.54) is 0 Å². The number of carbonyl (C=O) groups is 1. The molecule has 0 fully saturated rings. The maximum absolute atomic E-state index is 12.2. The zero-order chi connectivity index (χ0) is 17.1. The number of hydrogen-bond donors (Lipinski definition) is 2. The Bertz CT molecular complexity index is 838. The number of rotatable bonds is 5. The van der Waals surface area contributed by atoms with Crippen molar-refractivity contribution in [3.8, 4) is 11.3 Å². The van der Waals surface area contributed by atoms with E-state index in [0.717, 1.165) is 26.4 Å². The molecule has 0 aliphatic heterocycles. The highest BCUT2D eigenvalue weighted by Crippen LogP contribution is 2.21. The molecule has 1 amide bonds. The highest BCUT2D eigenvalue weighted by molar-refractivity contribution is 9.10. The minimum absolute atomic E-state index is 0.190. The van der Waals surface area contributed by atoms with Gasteiger partial charge in [0.25, 0.3) is 5.91 Å². The summed E-state index contributed by atoms with van der Waals surface area (Å²) in [6.07, 6.45) is 0. The van der Waals surface area contributed by atoms with Crippen LogP contribution in [0, 0.1) is 0 Å². The van der Waals surface area contributed by atoms with Crippen LogP contribution < -0.4 is 5.32 Å². The van der Waals surface area contributed by atoms with Crippen molar-refractivity contribution in [2.75, 3.05) is 0 Å². The monoisotopic (exact) mass is 404 g/mol. The molecule has 0 spiro atoms. The molecule has 1 aromatic carbocycles. The topological polar surface area (TPSA) is 70.7 Å². The first kappa shape index (κ1) is 16.9. The van der Waals surface area contributed by atoms with Crippen LogP contribution in [0.5, 0.6) is 0 Å². The summed E-state index contributed by atoms with van der Waals surface area (Å²) in [6.45, 7) is 4.62. The third kappa shape index (κ3) is 3.91. The number of thiazole rings is 1. The van der Waals surface area contributed by atoms with Crippen molar-refractivity contribution < 1.29 is 4.79 Å². The van der Waals surface area contributed by atoms with E-state index in [4.69, 9.17) is 0 Å². The van der Waals surface area contributed by atoms with E-state index >= 15 is 0 Å². The Hall–Kier alpha value is -1.99. The van der Waals surface area contributed by atoms with E-state index in [-0.39, 0.29) is 5.91 Å². The third-order valence-corrected chi connectivity index (χ3v) is 5.18. The van der Waals surface area contributed by atoms with Crippen LogP contribution in [-0.4, -0.2) is 21.1 Å². The molecule has 0 aliphatic rings. The summed E-state index contributed by atoms with van der Waals surface area (Å²) >= 11 is 5.02. The van der Waals surface area contributed by atoms with E-state index in [1.807, 2.05) is 29.6 Å². The maximum atomic E-state index is 12.2. The molecule has 0 radical (unpaired) electrons. The number of nitrogens with zero attached hydrogens (tertiary/aromatic N) is 2. The van der Waals surface area contributed by atoms with Crippen LogP contribution in [0.15, 0.2) is 40.2 Å². The highest BCUT2D eigenvalue weighted by Gasteiger charge is 2.12. The summed E-state index contributed by atoms with van der Waals surface area (Å²) in [7, 11) is 0. The predicted molar refractivity (Wildman–Crippen MR) is 99.1 cm³/mol. The van der Waals surface area contributed by atoms with Crippen molar-refractivity contribution >= 4 is 33.2 Å². The number of carbonyl (C=O) groups excluding carboxylic acids is 1. The first-order valence-electron chi connectivity index (χ1n) is 7.57. The van der Waals surface area contributed by atoms with Crippen LogP contribution in [0.4, 0.5) is 0 Å². The molecule has 7 heteroatoms. The Labute approximate surface area is 152 Å². The van der Waals surface area contributed by atoms with Gasteiger partial charge in [-0.3, -0.25) is 9.89 Å². The van der Waals surface area contributed by atoms with Gasteiger partial charge in [0.05, 0.1) is 22.9 Å². The van der Waals surface area contributed by atoms with E-state index in [0.29, 0.717) is 18.2 Å². The first-order valence-corrected chi connectivity index (χ1v) is 9.24. The minimum Gasteiger partial charge on any atom is -0.345 e. The van der Waals surface area contributed by atoms with E-state index in [9.17, 15) is 4.79 Å². The average Bonchev–Trinajstić information content (AvgIpc) is 3.23. The molecule has 0 saturated heterocycles. The van der Waals surface area contributed by atoms with Gasteiger partial charge in [-0.15, -0.1) is 11.3 Å². The largest absolute Gasteiger partial charge is 0.345 e. The third-order valence-electron chi connectivity index (χ3n) is 3.46. The standard InChI is InChI=1S/C17H17BrN4OS/c1-10(2)17-20-13(9-24-17)8-19-16(23)15-7-14(21-22-15)11-3-5-12(18)6-4-11/h3-7,9-10H,8H2,1-2H3,(H,19,23)(H,21,22). The van der Waals surface area contributed by atoms with Gasteiger partial charge in [0, 0.05) is 21.3 Å². The van der Waals surface area contributed by atoms with Crippen molar-refractivity contribution in [1.29, 1.82) is 0 Å². The summed E-state index contributed by atoms with van der Waals surface area (Å²) in [5, 5.41) is 12.9. The molecular weight excluding hydrogens is 388 g/mol. The lowest BCUT2D eigenvalue weighted by atomic mass is 10.1. The fourth-order valence-electron chi connectivity index (χ4n) is 2.14. The summed E-state index contributed by atoms with van der Waals surface area (Å²) < 4.78 is 1.00. The fraction of sp³-hybridized carbons (Fsp3) is 0.235. The van der Waals surface area contributed by atoms with Gasteiger partial charge < -0.3 is 5.32 Å². The molecule has 124 valence electrons. The van der Waals surface area contributed by atoms with Crippen molar-refractivity contribution in [2.24, 2.45) is 0 Å². The number of amides is 1. The lowest BCUT2D eigenvalue weighted by Crippen LogP contribution is -2.23. The predicted octanol–water partition coefficient (Wildman–Crippen LogP) is 4.35. The molecule has 2 aromatic heterocycles. The van der Waals surface area contributed by atoms with Crippen LogP contribution in [0.1, 0.15) is 41.0 Å². The number of halogens is 1. The summed E-state index contributed by atoms with van der Waals surface area (Å²) in [6, 6.07) is 9.53. The van der Waals surface area contributed by atoms with E-state index < -0.39 is 0 Å². The second-order valence-electron chi connectivity index (χ2n) is 5.69. The number of aromatic amines is 1. The first-order chi connectivity index (χ1) is 11.5. The summed E-state index contributed by atoms with van der Waals surface area (Å²) in [4.78, 5) is 16.8. The second kappa shape index (κ2) is 7.27. The van der Waals surface area contributed by atoms with Gasteiger partial charge in [-0.05, 0) is 18.2 Å². The average molecular weight is 405 g/mol. The van der Waals surface area contributed by atoms with Gasteiger partial charge in [0.15, 0.2) is 0 Å². The van der Waals surface area contributed by atoms with Crippen LogP contribution in [0.3, 0.4) is 0 Å². The Balaban J connectivity index is 1.64. The number of benzene rings is 1. The van der Waals surface area contributed by atoms with Gasteiger partial charge >= 0.3 is 0 Å². The van der Waals surface area contributed by atoms with Crippen molar-refractivity contribution in [2.45, 2.75) is 26.3 Å². The minimum atomic E-state index is -0.190. The van der Waals surface area contributed by atoms with Crippen LogP contribution in [0.25, 0.3) is 11.3 Å². The fourth-order valence-corrected chi connectivity index (χ4v) is 3.24. The van der Waals surface area contributed by atoms with E-state index in [1.54, 1.807) is 17.4 Å². The normalized spacial score (nSPS) is 11.0. The molecule has 3 rings (SSSR count). The molecule has 0 atom stereocenters. The van der Waals surface area contributed by atoms with Crippen LogP contribution >= 0.6 is 27.3 Å². The van der Waals surface area contributed by atoms with Gasteiger partial charge in [-0.25, -0.2) is 4.98 Å². The SMILES string of the molecule is CC(C)c1nc(CNC(=O)c2cc(-c3ccc(Br)cc3)n[nH]2)cs1. The maximum Gasteiger partial charge on any atom is 0.269 e. The molecule has 2 N–H and O–H groups in total. The number of H-pyrrole nitrogens is 1. The number of hydrogen-bond acceptors (Lipinski definition) is 4. The van der Waals surface area contributed by atoms with E-state index in [2.05, 4.69) is 50.3 Å².